The van der Waals surface area contributed by atoms with E-state index in [9.17, 15) is 4.79 Å². The lowest BCUT2D eigenvalue weighted by atomic mass is 9.86. The highest BCUT2D eigenvalue weighted by Gasteiger charge is 2.28. The van der Waals surface area contributed by atoms with Crippen LogP contribution in [0.1, 0.15) is 41.9 Å². The van der Waals surface area contributed by atoms with Crippen molar-refractivity contribution in [1.29, 1.82) is 0 Å². The fraction of sp³-hybridized carbons (Fsp3) is 0.400. The summed E-state index contributed by atoms with van der Waals surface area (Å²) in [5.41, 5.74) is 4.06. The van der Waals surface area contributed by atoms with E-state index in [2.05, 4.69) is 51.6 Å². The average Bonchev–Trinajstić information content (AvgIpc) is 3.04. The number of urea groups is 1. The van der Waals surface area contributed by atoms with E-state index in [1.807, 2.05) is 59.5 Å². The van der Waals surface area contributed by atoms with Crippen molar-refractivity contribution in [2.45, 2.75) is 31.2 Å². The van der Waals surface area contributed by atoms with Gasteiger partial charge in [0, 0.05) is 61.5 Å². The van der Waals surface area contributed by atoms with Crippen LogP contribution >= 0.6 is 0 Å². The van der Waals surface area contributed by atoms with Crippen LogP contribution in [0, 0.1) is 11.8 Å². The minimum atomic E-state index is -0.0521. The van der Waals surface area contributed by atoms with Crippen molar-refractivity contribution < 1.29 is 14.3 Å². The van der Waals surface area contributed by atoms with Crippen molar-refractivity contribution in [3.05, 3.63) is 95.6 Å². The lowest BCUT2D eigenvalue weighted by Crippen LogP contribution is -2.49. The van der Waals surface area contributed by atoms with E-state index < -0.39 is 0 Å². The molecule has 5 rings (SSSR count). The highest BCUT2D eigenvalue weighted by Crippen LogP contribution is 2.27. The summed E-state index contributed by atoms with van der Waals surface area (Å²) in [7, 11) is 1.64. The summed E-state index contributed by atoms with van der Waals surface area (Å²) in [4.78, 5) is 17.9. The summed E-state index contributed by atoms with van der Waals surface area (Å²) in [5, 5.41) is 6.99. The van der Waals surface area contributed by atoms with E-state index in [-0.39, 0.29) is 18.0 Å². The lowest BCUT2D eigenvalue weighted by Gasteiger charge is -2.37. The van der Waals surface area contributed by atoms with Gasteiger partial charge in [0.25, 0.3) is 0 Å². The second-order valence-corrected chi connectivity index (χ2v) is 11.0. The fourth-order valence-corrected chi connectivity index (χ4v) is 5.68. The highest BCUT2D eigenvalue weighted by molar-refractivity contribution is 5.89. The molecule has 2 saturated heterocycles. The zero-order chi connectivity index (χ0) is 29.0. The molecule has 0 radical (unpaired) electrons. The molecule has 3 aromatic carbocycles. The lowest BCUT2D eigenvalue weighted by molar-refractivity contribution is 0.0315. The normalized spacial score (nSPS) is 20.2. The summed E-state index contributed by atoms with van der Waals surface area (Å²) in [6.07, 6.45) is 2.85. The number of rotatable bonds is 5. The molecule has 2 amide bonds. The molecule has 2 N–H and O–H groups in total. The zero-order valence-corrected chi connectivity index (χ0v) is 24.6. The Hall–Kier alpha value is -3.83. The molecule has 7 nitrogen and oxygen atoms in total. The van der Waals surface area contributed by atoms with E-state index in [4.69, 9.17) is 9.47 Å². The number of anilines is 1. The number of hydrogen-bond donors (Lipinski definition) is 2. The summed E-state index contributed by atoms with van der Waals surface area (Å²) < 4.78 is 10.9. The maximum absolute atomic E-state index is 13.4. The van der Waals surface area contributed by atoms with Gasteiger partial charge < -0.3 is 25.0 Å². The molecular formula is C35H42N4O3. The first-order valence-corrected chi connectivity index (χ1v) is 15.1. The van der Waals surface area contributed by atoms with Gasteiger partial charge >= 0.3 is 6.03 Å². The zero-order valence-electron chi connectivity index (χ0n) is 24.6. The number of nitrogens with one attached hydrogen (secondary N) is 2. The molecule has 3 aromatic rings. The number of methoxy groups -OCH3 is 1. The number of ether oxygens (including phenoxy) is 2. The monoisotopic (exact) mass is 566 g/mol. The van der Waals surface area contributed by atoms with Crippen LogP contribution in [0.25, 0.3) is 0 Å². The summed E-state index contributed by atoms with van der Waals surface area (Å²) in [6, 6.07) is 26.5. The third-order valence-corrected chi connectivity index (χ3v) is 8.11. The first-order valence-electron chi connectivity index (χ1n) is 15.1. The number of hydrogen-bond acceptors (Lipinski definition) is 5. The fourth-order valence-electron chi connectivity index (χ4n) is 5.68. The molecule has 0 saturated carbocycles. The predicted molar refractivity (Wildman–Crippen MR) is 168 cm³/mol. The molecule has 220 valence electrons. The summed E-state index contributed by atoms with van der Waals surface area (Å²) in [5.74, 6) is 7.58. The number of amides is 2. The average molecular weight is 567 g/mol. The number of benzene rings is 3. The number of carbonyl (C=O) groups is 1. The van der Waals surface area contributed by atoms with Gasteiger partial charge in [0.2, 0.25) is 0 Å². The van der Waals surface area contributed by atoms with Gasteiger partial charge in [-0.15, -0.1) is 0 Å². The molecule has 2 atom stereocenters. The third-order valence-electron chi connectivity index (χ3n) is 8.11. The van der Waals surface area contributed by atoms with Crippen molar-refractivity contribution in [1.82, 2.24) is 15.1 Å². The second kappa shape index (κ2) is 15.4. The predicted octanol–water partition coefficient (Wildman–Crippen LogP) is 5.19. The van der Waals surface area contributed by atoms with Crippen molar-refractivity contribution in [2.75, 3.05) is 64.9 Å². The van der Waals surface area contributed by atoms with Gasteiger partial charge in [-0.2, -0.15) is 0 Å². The number of carbonyl (C=O) groups excluding carboxylic acids is 1. The Morgan fingerprint density at radius 2 is 1.62 bits per heavy atom. The van der Waals surface area contributed by atoms with Crippen LogP contribution in [-0.4, -0.2) is 81.5 Å². The van der Waals surface area contributed by atoms with E-state index in [0.29, 0.717) is 6.54 Å². The van der Waals surface area contributed by atoms with Crippen LogP contribution in [0.2, 0.25) is 0 Å². The quantitative estimate of drug-likeness (QED) is 0.417. The molecule has 7 heteroatoms. The summed E-state index contributed by atoms with van der Waals surface area (Å²) >= 11 is 0. The first-order chi connectivity index (χ1) is 20.7. The third kappa shape index (κ3) is 8.59. The van der Waals surface area contributed by atoms with Crippen molar-refractivity contribution >= 4 is 11.7 Å². The molecule has 42 heavy (non-hydrogen) atoms. The van der Waals surface area contributed by atoms with Gasteiger partial charge in [-0.05, 0) is 79.9 Å². The Balaban J connectivity index is 1.33. The van der Waals surface area contributed by atoms with Gasteiger partial charge in [0.15, 0.2) is 0 Å². The highest BCUT2D eigenvalue weighted by atomic mass is 16.5. The van der Waals surface area contributed by atoms with Crippen LogP contribution in [0.15, 0.2) is 78.9 Å². The van der Waals surface area contributed by atoms with Crippen LogP contribution in [-0.2, 0) is 4.74 Å². The van der Waals surface area contributed by atoms with Crippen LogP contribution in [0.3, 0.4) is 0 Å². The second-order valence-electron chi connectivity index (χ2n) is 11.0. The molecule has 0 aromatic heterocycles. The van der Waals surface area contributed by atoms with Gasteiger partial charge in [0.1, 0.15) is 5.75 Å². The molecule has 0 spiro atoms. The smallest absolute Gasteiger partial charge is 0.321 e. The Kier molecular flexibility index (Phi) is 10.9. The molecule has 2 fully saturated rings. The SMILES string of the molecule is COc1ccc(NC(=O)N2CCCCNC(CN3CCOCC3)[C@H](c3ccc(C#Cc4ccccc4)cc3)CC2)cc1. The summed E-state index contributed by atoms with van der Waals surface area (Å²) in [6.45, 7) is 6.78. The van der Waals surface area contributed by atoms with Crippen LogP contribution in [0.4, 0.5) is 10.5 Å². The Morgan fingerprint density at radius 3 is 2.33 bits per heavy atom. The Morgan fingerprint density at radius 1 is 0.905 bits per heavy atom. The van der Waals surface area contributed by atoms with Crippen LogP contribution < -0.4 is 15.4 Å². The first kappa shape index (κ1) is 29.7. The molecule has 2 heterocycles. The van der Waals surface area contributed by atoms with Gasteiger partial charge in [-0.1, -0.05) is 42.2 Å². The number of morpholine rings is 1. The topological polar surface area (TPSA) is 66.1 Å². The molecular weight excluding hydrogens is 524 g/mol. The maximum Gasteiger partial charge on any atom is 0.321 e. The van der Waals surface area contributed by atoms with E-state index in [0.717, 1.165) is 87.8 Å². The minimum absolute atomic E-state index is 0.0521. The standard InChI is InChI=1S/C35H42N4O3/c1-41-32-17-15-31(16-18-32)37-35(40)39-21-6-5-20-36-34(27-38-23-25-42-26-24-38)33(19-22-39)30-13-11-29(12-14-30)10-9-28-7-3-2-4-8-28/h2-4,7-8,11-18,33-34,36H,5-6,19-27H2,1H3,(H,37,40)/t33-,34?/m0/s1. The largest absolute Gasteiger partial charge is 0.497 e. The van der Waals surface area contributed by atoms with E-state index >= 15 is 0 Å². The van der Waals surface area contributed by atoms with E-state index in [1.54, 1.807) is 7.11 Å². The molecule has 1 unspecified atom stereocenters. The maximum atomic E-state index is 13.4. The van der Waals surface area contributed by atoms with Crippen LogP contribution in [0.5, 0.6) is 5.75 Å². The van der Waals surface area contributed by atoms with Gasteiger partial charge in [0.05, 0.1) is 20.3 Å². The van der Waals surface area contributed by atoms with Gasteiger partial charge in [-0.25, -0.2) is 4.79 Å². The van der Waals surface area contributed by atoms with Crippen molar-refractivity contribution in [2.24, 2.45) is 0 Å². The molecule has 2 aliphatic rings. The molecule has 0 aliphatic carbocycles. The Bertz CT molecular complexity index is 1310. The van der Waals surface area contributed by atoms with E-state index in [1.165, 1.54) is 5.56 Å². The Labute approximate surface area is 250 Å². The van der Waals surface area contributed by atoms with Gasteiger partial charge in [-0.3, -0.25) is 4.90 Å². The minimum Gasteiger partial charge on any atom is -0.497 e. The molecule has 2 aliphatic heterocycles. The number of nitrogens with zero attached hydrogens (tertiary/aromatic N) is 2. The van der Waals surface area contributed by atoms with Crippen molar-refractivity contribution in [3.63, 3.8) is 0 Å². The van der Waals surface area contributed by atoms with Crippen molar-refractivity contribution in [3.8, 4) is 17.6 Å². The molecule has 0 bridgehead atoms.